The van der Waals surface area contributed by atoms with Crippen molar-refractivity contribution in [1.82, 2.24) is 5.32 Å². The third-order valence-electron chi connectivity index (χ3n) is 4.99. The Hall–Kier alpha value is -4.40. The molecule has 0 unspecified atom stereocenters. The highest BCUT2D eigenvalue weighted by Gasteiger charge is 2.25. The van der Waals surface area contributed by atoms with Crippen molar-refractivity contribution < 1.29 is 24.0 Å². The summed E-state index contributed by atoms with van der Waals surface area (Å²) in [6, 6.07) is 18.6. The smallest absolute Gasteiger partial charge is 0.286 e. The van der Waals surface area contributed by atoms with Crippen molar-refractivity contribution in [3.05, 3.63) is 93.5 Å². The van der Waals surface area contributed by atoms with Gasteiger partial charge in [0.1, 0.15) is 5.56 Å². The standard InChI is InChI=1S/C25H25N3O6/c1-3-34-23-16-21(28(31)32)19(15-22(23)33-2)25(30)27-20-12-8-7-11-18(20)24(29)26-14-13-17-9-5-4-6-10-17/h4-12,15-16H,3,13-14H2,1-2H3,(H,26,29)(H,27,30). The quantitative estimate of drug-likeness (QED) is 0.343. The molecule has 0 saturated heterocycles. The van der Waals surface area contributed by atoms with Gasteiger partial charge in [-0.15, -0.1) is 0 Å². The number of nitrogens with zero attached hydrogens (tertiary/aromatic N) is 1. The molecule has 0 heterocycles. The van der Waals surface area contributed by atoms with Crippen LogP contribution in [0.2, 0.25) is 0 Å². The lowest BCUT2D eigenvalue weighted by Gasteiger charge is -2.14. The zero-order chi connectivity index (χ0) is 24.5. The van der Waals surface area contributed by atoms with Gasteiger partial charge in [0.15, 0.2) is 11.5 Å². The molecule has 0 aliphatic rings. The first-order chi connectivity index (χ1) is 16.4. The van der Waals surface area contributed by atoms with E-state index in [9.17, 15) is 19.7 Å². The van der Waals surface area contributed by atoms with E-state index < -0.39 is 16.5 Å². The second-order valence-electron chi connectivity index (χ2n) is 7.20. The van der Waals surface area contributed by atoms with Gasteiger partial charge in [0, 0.05) is 12.6 Å². The second kappa shape index (κ2) is 11.5. The van der Waals surface area contributed by atoms with Crippen LogP contribution in [0.4, 0.5) is 11.4 Å². The summed E-state index contributed by atoms with van der Waals surface area (Å²) in [5.41, 5.74) is 0.897. The molecule has 2 amide bonds. The van der Waals surface area contributed by atoms with Gasteiger partial charge in [0.05, 0.1) is 36.0 Å². The Balaban J connectivity index is 1.80. The average Bonchev–Trinajstić information content (AvgIpc) is 2.84. The minimum Gasteiger partial charge on any atom is -0.493 e. The van der Waals surface area contributed by atoms with Gasteiger partial charge in [0.25, 0.3) is 17.5 Å². The number of amides is 2. The molecule has 0 bridgehead atoms. The van der Waals surface area contributed by atoms with Gasteiger partial charge in [-0.1, -0.05) is 42.5 Å². The highest BCUT2D eigenvalue weighted by Crippen LogP contribution is 2.35. The minimum atomic E-state index is -0.752. The van der Waals surface area contributed by atoms with Crippen molar-refractivity contribution in [1.29, 1.82) is 0 Å². The fourth-order valence-corrected chi connectivity index (χ4v) is 3.35. The molecule has 2 N–H and O–H groups in total. The molecule has 3 aromatic rings. The van der Waals surface area contributed by atoms with Crippen LogP contribution in [0.25, 0.3) is 0 Å². The van der Waals surface area contributed by atoms with Crippen LogP contribution < -0.4 is 20.1 Å². The van der Waals surface area contributed by atoms with Crippen LogP contribution in [-0.2, 0) is 6.42 Å². The summed E-state index contributed by atoms with van der Waals surface area (Å²) in [5, 5.41) is 17.1. The average molecular weight is 463 g/mol. The first kappa shape index (κ1) is 24.2. The number of nitrogens with one attached hydrogen (secondary N) is 2. The Morgan fingerprint density at radius 2 is 1.65 bits per heavy atom. The normalized spacial score (nSPS) is 10.3. The molecule has 0 spiro atoms. The van der Waals surface area contributed by atoms with E-state index in [1.165, 1.54) is 13.2 Å². The van der Waals surface area contributed by atoms with E-state index in [1.807, 2.05) is 30.3 Å². The van der Waals surface area contributed by atoms with Crippen LogP contribution in [0.5, 0.6) is 11.5 Å². The maximum atomic E-state index is 13.0. The summed E-state index contributed by atoms with van der Waals surface area (Å²) in [4.78, 5) is 36.7. The number of carbonyl (C=O) groups is 2. The van der Waals surface area contributed by atoms with E-state index in [0.29, 0.717) is 13.0 Å². The molecule has 0 aromatic heterocycles. The minimum absolute atomic E-state index is 0.159. The molecule has 0 aliphatic carbocycles. The third kappa shape index (κ3) is 5.89. The van der Waals surface area contributed by atoms with Gasteiger partial charge in [-0.3, -0.25) is 19.7 Å². The number of hydrogen-bond donors (Lipinski definition) is 2. The molecule has 3 aromatic carbocycles. The number of ether oxygens (including phenoxy) is 2. The molecule has 9 heteroatoms. The van der Waals surface area contributed by atoms with E-state index in [-0.39, 0.29) is 40.8 Å². The van der Waals surface area contributed by atoms with Crippen molar-refractivity contribution in [3.63, 3.8) is 0 Å². The first-order valence-electron chi connectivity index (χ1n) is 10.7. The highest BCUT2D eigenvalue weighted by atomic mass is 16.6. The summed E-state index contributed by atoms with van der Waals surface area (Å²) < 4.78 is 10.6. The molecule has 176 valence electrons. The van der Waals surface area contributed by atoms with Crippen molar-refractivity contribution in [2.75, 3.05) is 25.6 Å². The molecule has 0 saturated carbocycles. The summed E-state index contributed by atoms with van der Waals surface area (Å²) >= 11 is 0. The van der Waals surface area contributed by atoms with Gasteiger partial charge in [-0.2, -0.15) is 0 Å². The fourth-order valence-electron chi connectivity index (χ4n) is 3.35. The number of methoxy groups -OCH3 is 1. The molecular formula is C25H25N3O6. The number of benzene rings is 3. The first-order valence-corrected chi connectivity index (χ1v) is 10.7. The van der Waals surface area contributed by atoms with Gasteiger partial charge in [-0.25, -0.2) is 0 Å². The van der Waals surface area contributed by atoms with Crippen LogP contribution in [0, 0.1) is 10.1 Å². The number of rotatable bonds is 10. The Bertz CT molecular complexity index is 1180. The molecule has 0 fully saturated rings. The zero-order valence-electron chi connectivity index (χ0n) is 18.9. The number of para-hydroxylation sites is 1. The topological polar surface area (TPSA) is 120 Å². The Morgan fingerprint density at radius 3 is 2.32 bits per heavy atom. The zero-order valence-corrected chi connectivity index (χ0v) is 18.9. The second-order valence-corrected chi connectivity index (χ2v) is 7.20. The lowest BCUT2D eigenvalue weighted by atomic mass is 10.1. The van der Waals surface area contributed by atoms with E-state index in [1.54, 1.807) is 31.2 Å². The SMILES string of the molecule is CCOc1cc([N+](=O)[O-])c(C(=O)Nc2ccccc2C(=O)NCCc2ccccc2)cc1OC. The van der Waals surface area contributed by atoms with Crippen LogP contribution in [0.1, 0.15) is 33.2 Å². The lowest BCUT2D eigenvalue weighted by Crippen LogP contribution is -2.27. The summed E-state index contributed by atoms with van der Waals surface area (Å²) in [6.07, 6.45) is 0.652. The van der Waals surface area contributed by atoms with Gasteiger partial charge < -0.3 is 20.1 Å². The van der Waals surface area contributed by atoms with E-state index in [0.717, 1.165) is 11.6 Å². The molecule has 9 nitrogen and oxygen atoms in total. The summed E-state index contributed by atoms with van der Waals surface area (Å²) in [7, 11) is 1.38. The van der Waals surface area contributed by atoms with Gasteiger partial charge in [-0.05, 0) is 31.0 Å². The Kier molecular flexibility index (Phi) is 8.17. The van der Waals surface area contributed by atoms with Crippen molar-refractivity contribution >= 4 is 23.2 Å². The number of carbonyl (C=O) groups excluding carboxylic acids is 2. The van der Waals surface area contributed by atoms with Crippen molar-refractivity contribution in [2.24, 2.45) is 0 Å². The Morgan fingerprint density at radius 1 is 0.941 bits per heavy atom. The monoisotopic (exact) mass is 463 g/mol. The highest BCUT2D eigenvalue weighted by molar-refractivity contribution is 6.11. The predicted molar refractivity (Wildman–Crippen MR) is 128 cm³/mol. The van der Waals surface area contributed by atoms with E-state index in [4.69, 9.17) is 9.47 Å². The van der Waals surface area contributed by atoms with Crippen LogP contribution in [0.3, 0.4) is 0 Å². The maximum absolute atomic E-state index is 13.0. The van der Waals surface area contributed by atoms with Crippen LogP contribution in [-0.4, -0.2) is 37.0 Å². The van der Waals surface area contributed by atoms with Gasteiger partial charge >= 0.3 is 0 Å². The fraction of sp³-hybridized carbons (Fsp3) is 0.200. The largest absolute Gasteiger partial charge is 0.493 e. The molecular weight excluding hydrogens is 438 g/mol. The van der Waals surface area contributed by atoms with Crippen molar-refractivity contribution in [2.45, 2.75) is 13.3 Å². The summed E-state index contributed by atoms with van der Waals surface area (Å²) in [5.74, 6) is -0.779. The molecule has 3 rings (SSSR count). The van der Waals surface area contributed by atoms with Crippen molar-refractivity contribution in [3.8, 4) is 11.5 Å². The molecule has 0 aliphatic heterocycles. The summed E-state index contributed by atoms with van der Waals surface area (Å²) in [6.45, 7) is 2.41. The molecule has 0 atom stereocenters. The van der Waals surface area contributed by atoms with Crippen LogP contribution in [0.15, 0.2) is 66.7 Å². The third-order valence-corrected chi connectivity index (χ3v) is 4.99. The predicted octanol–water partition coefficient (Wildman–Crippen LogP) is 4.23. The number of nitro groups is 1. The maximum Gasteiger partial charge on any atom is 0.286 e. The number of nitro benzene ring substituents is 1. The Labute approximate surface area is 196 Å². The number of hydrogen-bond acceptors (Lipinski definition) is 6. The lowest BCUT2D eigenvalue weighted by molar-refractivity contribution is -0.385. The molecule has 34 heavy (non-hydrogen) atoms. The van der Waals surface area contributed by atoms with E-state index >= 15 is 0 Å². The molecule has 0 radical (unpaired) electrons. The van der Waals surface area contributed by atoms with Gasteiger partial charge in [0.2, 0.25) is 0 Å². The number of anilines is 1. The van der Waals surface area contributed by atoms with Crippen LogP contribution >= 0.6 is 0 Å². The van der Waals surface area contributed by atoms with E-state index in [2.05, 4.69) is 10.6 Å².